The van der Waals surface area contributed by atoms with E-state index < -0.39 is 6.04 Å². The molecule has 5 heteroatoms. The first-order chi connectivity index (χ1) is 18.4. The van der Waals surface area contributed by atoms with Crippen molar-refractivity contribution in [3.8, 4) is 5.75 Å². The Hall–Kier alpha value is -3.60. The number of ether oxygens (including phenoxy) is 1. The van der Waals surface area contributed by atoms with Gasteiger partial charge in [0.2, 0.25) is 5.91 Å². The van der Waals surface area contributed by atoms with Crippen molar-refractivity contribution < 1.29 is 14.3 Å². The third-order valence-corrected chi connectivity index (χ3v) is 7.52. The van der Waals surface area contributed by atoms with Crippen LogP contribution < -0.4 is 10.1 Å². The minimum Gasteiger partial charge on any atom is -0.483 e. The van der Waals surface area contributed by atoms with Crippen molar-refractivity contribution in [3.63, 3.8) is 0 Å². The van der Waals surface area contributed by atoms with Gasteiger partial charge in [-0.1, -0.05) is 86.0 Å². The number of nitrogens with zero attached hydrogens (tertiary/aromatic N) is 1. The molecule has 0 aromatic heterocycles. The molecule has 2 amide bonds. The van der Waals surface area contributed by atoms with Crippen molar-refractivity contribution in [1.82, 2.24) is 10.2 Å². The van der Waals surface area contributed by atoms with E-state index in [1.165, 1.54) is 6.42 Å². The molecule has 0 spiro atoms. The second kappa shape index (κ2) is 13.3. The minimum absolute atomic E-state index is 0.0885. The maximum Gasteiger partial charge on any atom is 0.261 e. The molecule has 1 atom stereocenters. The summed E-state index contributed by atoms with van der Waals surface area (Å²) in [6.07, 6.45) is 5.90. The zero-order valence-corrected chi connectivity index (χ0v) is 22.9. The summed E-state index contributed by atoms with van der Waals surface area (Å²) < 4.78 is 6.04. The molecule has 3 aromatic rings. The van der Waals surface area contributed by atoms with Gasteiger partial charge in [0, 0.05) is 19.0 Å². The first kappa shape index (κ1) is 27.4. The lowest BCUT2D eigenvalue weighted by molar-refractivity contribution is -0.143. The van der Waals surface area contributed by atoms with Crippen LogP contribution in [-0.4, -0.2) is 35.4 Å². The molecule has 0 unspecified atom stereocenters. The second-order valence-electron chi connectivity index (χ2n) is 10.6. The largest absolute Gasteiger partial charge is 0.483 e. The van der Waals surface area contributed by atoms with Crippen LogP contribution in [0.2, 0.25) is 0 Å². The Morgan fingerprint density at radius 2 is 1.61 bits per heavy atom. The van der Waals surface area contributed by atoms with Gasteiger partial charge in [0.05, 0.1) is 0 Å². The van der Waals surface area contributed by atoms with Gasteiger partial charge in [-0.2, -0.15) is 0 Å². The Morgan fingerprint density at radius 1 is 0.895 bits per heavy atom. The number of amides is 2. The van der Waals surface area contributed by atoms with Gasteiger partial charge in [0.25, 0.3) is 5.91 Å². The van der Waals surface area contributed by atoms with E-state index in [0.717, 1.165) is 53.5 Å². The van der Waals surface area contributed by atoms with E-state index in [1.807, 2.05) is 93.6 Å². The smallest absolute Gasteiger partial charge is 0.261 e. The van der Waals surface area contributed by atoms with Gasteiger partial charge in [-0.25, -0.2) is 0 Å². The first-order valence-electron chi connectivity index (χ1n) is 13.8. The van der Waals surface area contributed by atoms with E-state index in [-0.39, 0.29) is 24.5 Å². The van der Waals surface area contributed by atoms with Crippen molar-refractivity contribution in [3.05, 3.63) is 101 Å². The zero-order chi connectivity index (χ0) is 26.9. The second-order valence-corrected chi connectivity index (χ2v) is 10.6. The van der Waals surface area contributed by atoms with Crippen molar-refractivity contribution in [2.24, 2.45) is 0 Å². The number of carbonyl (C=O) groups excluding carboxylic acids is 2. The van der Waals surface area contributed by atoms with Crippen molar-refractivity contribution >= 4 is 11.8 Å². The normalized spacial score (nSPS) is 14.5. The molecule has 200 valence electrons. The number of benzene rings is 3. The van der Waals surface area contributed by atoms with Crippen LogP contribution in [0.4, 0.5) is 0 Å². The highest BCUT2D eigenvalue weighted by atomic mass is 16.5. The average molecular weight is 513 g/mol. The minimum atomic E-state index is -0.645. The summed E-state index contributed by atoms with van der Waals surface area (Å²) in [7, 11) is 0. The van der Waals surface area contributed by atoms with Gasteiger partial charge < -0.3 is 15.0 Å². The summed E-state index contributed by atoms with van der Waals surface area (Å²) in [5, 5.41) is 3.29. The Morgan fingerprint density at radius 3 is 2.34 bits per heavy atom. The summed E-state index contributed by atoms with van der Waals surface area (Å²) in [5.41, 5.74) is 5.19. The summed E-state index contributed by atoms with van der Waals surface area (Å²) in [6.45, 7) is 6.23. The number of rotatable bonds is 10. The fourth-order valence-electron chi connectivity index (χ4n) is 5.15. The third-order valence-electron chi connectivity index (χ3n) is 7.52. The van der Waals surface area contributed by atoms with E-state index in [4.69, 9.17) is 4.74 Å². The monoisotopic (exact) mass is 512 g/mol. The Balaban J connectivity index is 1.63. The molecule has 1 aliphatic carbocycles. The molecule has 0 radical (unpaired) electrons. The molecular formula is C33H40N2O3. The molecule has 1 saturated carbocycles. The molecule has 0 heterocycles. The highest BCUT2D eigenvalue weighted by Gasteiger charge is 2.32. The third kappa shape index (κ3) is 7.47. The Labute approximate surface area is 227 Å². The number of aryl methyl sites for hydroxylation is 3. The van der Waals surface area contributed by atoms with Crippen LogP contribution in [-0.2, 0) is 22.6 Å². The highest BCUT2D eigenvalue weighted by Crippen LogP contribution is 2.22. The fourth-order valence-corrected chi connectivity index (χ4v) is 5.15. The lowest BCUT2D eigenvalue weighted by Crippen LogP contribution is -2.53. The van der Waals surface area contributed by atoms with E-state index in [1.54, 1.807) is 4.90 Å². The number of hydrogen-bond acceptors (Lipinski definition) is 3. The molecule has 1 fully saturated rings. The van der Waals surface area contributed by atoms with Gasteiger partial charge >= 0.3 is 0 Å². The fraction of sp³-hybridized carbons (Fsp3) is 0.394. The summed E-state index contributed by atoms with van der Waals surface area (Å²) in [5.74, 6) is 0.406. The highest BCUT2D eigenvalue weighted by molar-refractivity contribution is 5.88. The molecule has 5 nitrogen and oxygen atoms in total. The molecule has 4 rings (SSSR count). The molecule has 0 saturated heterocycles. The maximum absolute atomic E-state index is 13.9. The van der Waals surface area contributed by atoms with Crippen LogP contribution >= 0.6 is 0 Å². The predicted molar refractivity (Wildman–Crippen MR) is 152 cm³/mol. The number of nitrogens with one attached hydrogen (secondary N) is 1. The zero-order valence-electron chi connectivity index (χ0n) is 22.9. The Kier molecular flexibility index (Phi) is 9.58. The molecule has 0 bridgehead atoms. The van der Waals surface area contributed by atoms with Crippen LogP contribution in [0.1, 0.15) is 59.9 Å². The van der Waals surface area contributed by atoms with Gasteiger partial charge in [-0.05, 0) is 67.5 Å². The van der Waals surface area contributed by atoms with Crippen LogP contribution in [0.5, 0.6) is 5.75 Å². The standard InChI is InChI=1S/C33H40N2O3/c1-24-18-19-26(3)31(20-24)38-23-32(36)35(22-28-15-11-10-12-25(28)2)30(21-27-13-6-4-7-14-27)33(37)34-29-16-8-5-9-17-29/h4,6-7,10-15,18-20,29-30H,5,8-9,16-17,21-23H2,1-3H3,(H,34,37)/t30-/m1/s1. The van der Waals surface area contributed by atoms with Crippen molar-refractivity contribution in [1.29, 1.82) is 0 Å². The summed E-state index contributed by atoms with van der Waals surface area (Å²) >= 11 is 0. The van der Waals surface area contributed by atoms with Gasteiger partial charge in [0.15, 0.2) is 6.61 Å². The molecular weight excluding hydrogens is 472 g/mol. The van der Waals surface area contributed by atoms with E-state index in [2.05, 4.69) is 5.32 Å². The van der Waals surface area contributed by atoms with E-state index >= 15 is 0 Å². The molecule has 1 N–H and O–H groups in total. The van der Waals surface area contributed by atoms with E-state index in [9.17, 15) is 9.59 Å². The summed E-state index contributed by atoms with van der Waals surface area (Å²) in [6, 6.07) is 23.5. The molecule has 3 aromatic carbocycles. The van der Waals surface area contributed by atoms with Gasteiger partial charge in [0.1, 0.15) is 11.8 Å². The molecule has 0 aliphatic heterocycles. The van der Waals surface area contributed by atoms with Gasteiger partial charge in [-0.3, -0.25) is 9.59 Å². The van der Waals surface area contributed by atoms with Crippen LogP contribution in [0.15, 0.2) is 72.8 Å². The number of carbonyl (C=O) groups is 2. The van der Waals surface area contributed by atoms with Crippen LogP contribution in [0, 0.1) is 20.8 Å². The topological polar surface area (TPSA) is 58.6 Å². The van der Waals surface area contributed by atoms with Gasteiger partial charge in [-0.15, -0.1) is 0 Å². The lowest BCUT2D eigenvalue weighted by Gasteiger charge is -2.33. The maximum atomic E-state index is 13.9. The quantitative estimate of drug-likeness (QED) is 0.358. The average Bonchev–Trinajstić information content (AvgIpc) is 2.93. The van der Waals surface area contributed by atoms with Crippen LogP contribution in [0.3, 0.4) is 0 Å². The summed E-state index contributed by atoms with van der Waals surface area (Å²) in [4.78, 5) is 29.5. The molecule has 1 aliphatic rings. The van der Waals surface area contributed by atoms with Crippen molar-refractivity contribution in [2.75, 3.05) is 6.61 Å². The molecule has 38 heavy (non-hydrogen) atoms. The Bertz CT molecular complexity index is 1220. The van der Waals surface area contributed by atoms with Crippen molar-refractivity contribution in [2.45, 2.75) is 77.9 Å². The predicted octanol–water partition coefficient (Wildman–Crippen LogP) is 6.08. The van der Waals surface area contributed by atoms with E-state index in [0.29, 0.717) is 18.7 Å². The first-order valence-corrected chi connectivity index (χ1v) is 13.8. The SMILES string of the molecule is Cc1ccc(C)c(OCC(=O)N(Cc2ccccc2C)[C@H](Cc2ccccc2)C(=O)NC2CCCCC2)c1. The van der Waals surface area contributed by atoms with Crippen LogP contribution in [0.25, 0.3) is 0 Å². The number of hydrogen-bond donors (Lipinski definition) is 1. The lowest BCUT2D eigenvalue weighted by atomic mass is 9.94.